The van der Waals surface area contributed by atoms with Crippen LogP contribution in [-0.4, -0.2) is 11.8 Å². The molecule has 0 spiro atoms. The molecule has 0 aromatic heterocycles. The first-order valence-corrected chi connectivity index (χ1v) is 10.9. The molecule has 0 bridgehead atoms. The number of nitrogens with zero attached hydrogens (tertiary/aromatic N) is 1. The van der Waals surface area contributed by atoms with Crippen LogP contribution in [-0.2, 0) is 16.0 Å². The lowest BCUT2D eigenvalue weighted by Gasteiger charge is -2.16. The summed E-state index contributed by atoms with van der Waals surface area (Å²) in [7, 11) is 0. The highest BCUT2D eigenvalue weighted by Gasteiger charge is 2.40. The van der Waals surface area contributed by atoms with E-state index in [1.807, 2.05) is 88.4 Å². The zero-order chi connectivity index (χ0) is 23.0. The van der Waals surface area contributed by atoms with E-state index in [9.17, 15) is 9.59 Å². The minimum atomic E-state index is -0.342. The van der Waals surface area contributed by atoms with Crippen LogP contribution < -0.4 is 10.2 Å². The minimum absolute atomic E-state index is 0.307. The fraction of sp³-hybridized carbons (Fsp3) is 0.214. The largest absolute Gasteiger partial charge is 0.350 e. The van der Waals surface area contributed by atoms with Gasteiger partial charge in [0.1, 0.15) is 5.70 Å². The second-order valence-electron chi connectivity index (χ2n) is 8.44. The van der Waals surface area contributed by atoms with Crippen molar-refractivity contribution in [2.45, 2.75) is 41.0 Å². The summed E-state index contributed by atoms with van der Waals surface area (Å²) in [5.41, 5.74) is 8.47. The maximum atomic E-state index is 13.6. The Morgan fingerprint density at radius 2 is 1.34 bits per heavy atom. The van der Waals surface area contributed by atoms with Gasteiger partial charge in [0.15, 0.2) is 0 Å². The summed E-state index contributed by atoms with van der Waals surface area (Å²) >= 11 is 0. The van der Waals surface area contributed by atoms with Crippen molar-refractivity contribution >= 4 is 28.8 Å². The van der Waals surface area contributed by atoms with Gasteiger partial charge in [-0.2, -0.15) is 0 Å². The van der Waals surface area contributed by atoms with Crippen LogP contribution in [0.15, 0.2) is 66.4 Å². The van der Waals surface area contributed by atoms with Crippen LogP contribution in [0.5, 0.6) is 0 Å². The molecule has 0 fully saturated rings. The van der Waals surface area contributed by atoms with Crippen molar-refractivity contribution < 1.29 is 9.59 Å². The highest BCUT2D eigenvalue weighted by Crippen LogP contribution is 2.34. The number of hydrogen-bond acceptors (Lipinski definition) is 3. The van der Waals surface area contributed by atoms with Crippen molar-refractivity contribution in [1.29, 1.82) is 0 Å². The number of imide groups is 1. The van der Waals surface area contributed by atoms with Crippen LogP contribution in [0.4, 0.5) is 11.4 Å². The molecular weight excluding hydrogens is 396 g/mol. The molecule has 0 atom stereocenters. The van der Waals surface area contributed by atoms with Crippen LogP contribution in [0.25, 0.3) is 5.57 Å². The molecule has 4 nitrogen and oxygen atoms in total. The molecule has 3 aromatic carbocycles. The molecule has 1 aliphatic rings. The smallest absolute Gasteiger partial charge is 0.282 e. The standard InChI is InChI=1S/C28H28N2O2/c1-6-21-9-13-24(14-10-21)30-27(31)25(22-11-7-17(2)19(4)15-22)26(28(30)32)29-23-12-8-18(3)20(5)16-23/h7-16,29H,6H2,1-5H3. The van der Waals surface area contributed by atoms with Gasteiger partial charge < -0.3 is 5.32 Å². The topological polar surface area (TPSA) is 49.4 Å². The summed E-state index contributed by atoms with van der Waals surface area (Å²) in [6.07, 6.45) is 0.897. The van der Waals surface area contributed by atoms with Gasteiger partial charge in [0.2, 0.25) is 0 Å². The molecule has 2 amide bonds. The number of nitrogens with one attached hydrogen (secondary N) is 1. The number of carbonyl (C=O) groups is 2. The molecule has 0 aliphatic carbocycles. The number of anilines is 2. The molecule has 32 heavy (non-hydrogen) atoms. The van der Waals surface area contributed by atoms with Gasteiger partial charge >= 0.3 is 0 Å². The zero-order valence-corrected chi connectivity index (χ0v) is 19.2. The Balaban J connectivity index is 1.82. The maximum absolute atomic E-state index is 13.6. The van der Waals surface area contributed by atoms with Crippen LogP contribution in [0.1, 0.15) is 40.3 Å². The Bertz CT molecular complexity index is 1250. The Labute approximate surface area is 189 Å². The van der Waals surface area contributed by atoms with Gasteiger partial charge in [-0.05, 0) is 91.8 Å². The summed E-state index contributed by atoms with van der Waals surface area (Å²) in [5.74, 6) is -0.653. The van der Waals surface area contributed by atoms with Crippen molar-refractivity contribution in [2.24, 2.45) is 0 Å². The molecule has 4 rings (SSSR count). The van der Waals surface area contributed by atoms with Crippen molar-refractivity contribution in [1.82, 2.24) is 0 Å². The summed E-state index contributed by atoms with van der Waals surface area (Å²) in [4.78, 5) is 28.4. The number of benzene rings is 3. The highest BCUT2D eigenvalue weighted by atomic mass is 16.2. The number of carbonyl (C=O) groups excluding carboxylic acids is 2. The Kier molecular flexibility index (Phi) is 5.70. The normalized spacial score (nSPS) is 13.8. The lowest BCUT2D eigenvalue weighted by atomic mass is 9.99. The Hall–Kier alpha value is -3.66. The Morgan fingerprint density at radius 3 is 1.94 bits per heavy atom. The van der Waals surface area contributed by atoms with Crippen molar-refractivity contribution in [3.63, 3.8) is 0 Å². The average molecular weight is 425 g/mol. The van der Waals surface area contributed by atoms with Gasteiger partial charge in [-0.15, -0.1) is 0 Å². The van der Waals surface area contributed by atoms with Gasteiger partial charge in [0.25, 0.3) is 11.8 Å². The molecule has 0 saturated heterocycles. The van der Waals surface area contributed by atoms with E-state index < -0.39 is 0 Å². The number of rotatable bonds is 5. The SMILES string of the molecule is CCc1ccc(N2C(=O)C(Nc3ccc(C)c(C)c3)=C(c3ccc(C)c(C)c3)C2=O)cc1. The first kappa shape index (κ1) is 21.6. The summed E-state index contributed by atoms with van der Waals surface area (Å²) in [6, 6.07) is 19.4. The molecule has 1 heterocycles. The molecular formula is C28H28N2O2. The quantitative estimate of drug-likeness (QED) is 0.521. The number of amides is 2. The van der Waals surface area contributed by atoms with Gasteiger partial charge in [0.05, 0.1) is 11.3 Å². The van der Waals surface area contributed by atoms with Crippen LogP contribution in [0.3, 0.4) is 0 Å². The van der Waals surface area contributed by atoms with Crippen LogP contribution in [0.2, 0.25) is 0 Å². The van der Waals surface area contributed by atoms with Gasteiger partial charge in [-0.3, -0.25) is 9.59 Å². The predicted molar refractivity (Wildman–Crippen MR) is 131 cm³/mol. The van der Waals surface area contributed by atoms with E-state index in [-0.39, 0.29) is 11.8 Å². The second-order valence-corrected chi connectivity index (χ2v) is 8.44. The fourth-order valence-corrected chi connectivity index (χ4v) is 3.89. The van der Waals surface area contributed by atoms with Crippen LogP contribution >= 0.6 is 0 Å². The third-order valence-electron chi connectivity index (χ3n) is 6.26. The predicted octanol–water partition coefficient (Wildman–Crippen LogP) is 5.88. The zero-order valence-electron chi connectivity index (χ0n) is 19.2. The molecule has 3 aromatic rings. The second kappa shape index (κ2) is 8.46. The molecule has 1 aliphatic heterocycles. The fourth-order valence-electron chi connectivity index (χ4n) is 3.89. The monoisotopic (exact) mass is 424 g/mol. The molecule has 4 heteroatoms. The van der Waals surface area contributed by atoms with E-state index in [4.69, 9.17) is 0 Å². The number of hydrogen-bond donors (Lipinski definition) is 1. The highest BCUT2D eigenvalue weighted by molar-refractivity contribution is 6.46. The summed E-state index contributed by atoms with van der Waals surface area (Å²) in [6.45, 7) is 10.2. The van der Waals surface area contributed by atoms with E-state index >= 15 is 0 Å². The maximum Gasteiger partial charge on any atom is 0.282 e. The van der Waals surface area contributed by atoms with Crippen molar-refractivity contribution in [3.05, 3.63) is 99.7 Å². The minimum Gasteiger partial charge on any atom is -0.350 e. The first-order valence-electron chi connectivity index (χ1n) is 10.9. The van der Waals surface area contributed by atoms with E-state index in [0.29, 0.717) is 17.0 Å². The summed E-state index contributed by atoms with van der Waals surface area (Å²) < 4.78 is 0. The number of aryl methyl sites for hydroxylation is 5. The van der Waals surface area contributed by atoms with Gasteiger partial charge in [0, 0.05) is 5.69 Å². The molecule has 0 unspecified atom stereocenters. The van der Waals surface area contributed by atoms with E-state index in [2.05, 4.69) is 12.2 Å². The van der Waals surface area contributed by atoms with E-state index in [0.717, 1.165) is 39.9 Å². The lowest BCUT2D eigenvalue weighted by molar-refractivity contribution is -0.120. The van der Waals surface area contributed by atoms with E-state index in [1.165, 1.54) is 10.5 Å². The molecule has 162 valence electrons. The molecule has 0 radical (unpaired) electrons. The average Bonchev–Trinajstić information content (AvgIpc) is 3.02. The van der Waals surface area contributed by atoms with Crippen LogP contribution in [0, 0.1) is 27.7 Å². The van der Waals surface area contributed by atoms with Crippen molar-refractivity contribution in [2.75, 3.05) is 10.2 Å². The lowest BCUT2D eigenvalue weighted by Crippen LogP contribution is -2.32. The van der Waals surface area contributed by atoms with Gasteiger partial charge in [-0.1, -0.05) is 43.3 Å². The van der Waals surface area contributed by atoms with Gasteiger partial charge in [-0.25, -0.2) is 4.90 Å². The Morgan fingerprint density at radius 1 is 0.719 bits per heavy atom. The molecule has 1 N–H and O–H groups in total. The van der Waals surface area contributed by atoms with Crippen molar-refractivity contribution in [3.8, 4) is 0 Å². The third-order valence-corrected chi connectivity index (χ3v) is 6.26. The molecule has 0 saturated carbocycles. The first-order chi connectivity index (χ1) is 15.3. The summed E-state index contributed by atoms with van der Waals surface area (Å²) in [5, 5.41) is 3.26. The van der Waals surface area contributed by atoms with E-state index in [1.54, 1.807) is 0 Å². The third kappa shape index (κ3) is 3.84.